The molecule has 0 aromatic carbocycles. The van der Waals surface area contributed by atoms with Crippen LogP contribution < -0.4 is 5.32 Å². The van der Waals surface area contributed by atoms with Gasteiger partial charge in [-0.2, -0.15) is 0 Å². The fourth-order valence-corrected chi connectivity index (χ4v) is 1.94. The van der Waals surface area contributed by atoms with Crippen molar-refractivity contribution in [2.45, 2.75) is 33.4 Å². The highest BCUT2D eigenvalue weighted by Crippen LogP contribution is 2.25. The third-order valence-electron chi connectivity index (χ3n) is 2.07. The van der Waals surface area contributed by atoms with E-state index in [1.807, 2.05) is 6.92 Å². The molecule has 0 aliphatic rings. The molecule has 0 saturated heterocycles. The second-order valence-corrected chi connectivity index (χ2v) is 4.66. The highest BCUT2D eigenvalue weighted by molar-refractivity contribution is 7.13. The first-order valence-electron chi connectivity index (χ1n) is 5.13. The van der Waals surface area contributed by atoms with Crippen molar-refractivity contribution in [1.82, 2.24) is 20.5 Å². The fourth-order valence-electron chi connectivity index (χ4n) is 1.22. The molecule has 0 unspecified atom stereocenters. The van der Waals surface area contributed by atoms with Crippen LogP contribution in [0.15, 0.2) is 9.93 Å². The second-order valence-electron chi connectivity index (χ2n) is 3.80. The summed E-state index contributed by atoms with van der Waals surface area (Å²) in [6.07, 6.45) is 0. The van der Waals surface area contributed by atoms with Crippen LogP contribution in [0.2, 0.25) is 0 Å². The minimum Gasteiger partial charge on any atom is -0.418 e. The van der Waals surface area contributed by atoms with E-state index in [9.17, 15) is 0 Å². The van der Waals surface area contributed by atoms with Crippen LogP contribution in [-0.2, 0) is 6.54 Å². The van der Waals surface area contributed by atoms with E-state index in [1.165, 1.54) is 11.3 Å². The van der Waals surface area contributed by atoms with Gasteiger partial charge in [0.05, 0.1) is 17.7 Å². The molecule has 2 heterocycles. The fraction of sp³-hybridized carbons (Fsp3) is 0.500. The van der Waals surface area contributed by atoms with Gasteiger partial charge in [0, 0.05) is 6.04 Å². The number of nitrogens with zero attached hydrogens (tertiary/aromatic N) is 3. The molecule has 5 nitrogen and oxygen atoms in total. The molecule has 0 atom stereocenters. The Hall–Kier alpha value is -1.27. The van der Waals surface area contributed by atoms with Crippen LogP contribution in [-0.4, -0.2) is 21.2 Å². The monoisotopic (exact) mass is 238 g/mol. The van der Waals surface area contributed by atoms with Gasteiger partial charge < -0.3 is 9.73 Å². The summed E-state index contributed by atoms with van der Waals surface area (Å²) in [6.45, 7) is 6.68. The average molecular weight is 238 g/mol. The van der Waals surface area contributed by atoms with Gasteiger partial charge in [0.15, 0.2) is 0 Å². The SMILES string of the molecule is Cc1ncsc1-c1nnc(CNC(C)C)o1. The van der Waals surface area contributed by atoms with Crippen molar-refractivity contribution in [3.8, 4) is 10.8 Å². The molecule has 16 heavy (non-hydrogen) atoms. The lowest BCUT2D eigenvalue weighted by molar-refractivity contribution is 0.459. The van der Waals surface area contributed by atoms with E-state index in [4.69, 9.17) is 4.42 Å². The van der Waals surface area contributed by atoms with Crippen molar-refractivity contribution < 1.29 is 4.42 Å². The molecule has 2 aromatic heterocycles. The van der Waals surface area contributed by atoms with Crippen LogP contribution in [0.4, 0.5) is 0 Å². The topological polar surface area (TPSA) is 63.8 Å². The molecular formula is C10H14N4OS. The molecule has 1 N–H and O–H groups in total. The molecule has 0 bridgehead atoms. The van der Waals surface area contributed by atoms with Crippen LogP contribution in [0.25, 0.3) is 10.8 Å². The Morgan fingerprint density at radius 3 is 2.88 bits per heavy atom. The van der Waals surface area contributed by atoms with Gasteiger partial charge in [0.25, 0.3) is 5.89 Å². The molecule has 0 fully saturated rings. The average Bonchev–Trinajstić information content (AvgIpc) is 2.83. The van der Waals surface area contributed by atoms with Gasteiger partial charge in [-0.05, 0) is 6.92 Å². The number of aromatic nitrogens is 3. The van der Waals surface area contributed by atoms with Gasteiger partial charge >= 0.3 is 0 Å². The molecule has 6 heteroatoms. The molecule has 2 rings (SSSR count). The molecule has 0 spiro atoms. The summed E-state index contributed by atoms with van der Waals surface area (Å²) in [5.41, 5.74) is 2.71. The molecule has 2 aromatic rings. The van der Waals surface area contributed by atoms with Crippen LogP contribution in [0.5, 0.6) is 0 Å². The maximum atomic E-state index is 5.54. The van der Waals surface area contributed by atoms with Crippen LogP contribution in [0, 0.1) is 6.92 Å². The third-order valence-corrected chi connectivity index (χ3v) is 2.98. The summed E-state index contributed by atoms with van der Waals surface area (Å²) in [5.74, 6) is 1.16. The molecule has 0 amide bonds. The lowest BCUT2D eigenvalue weighted by Gasteiger charge is -2.03. The van der Waals surface area contributed by atoms with Gasteiger partial charge in [-0.15, -0.1) is 21.5 Å². The van der Waals surface area contributed by atoms with Crippen molar-refractivity contribution in [3.63, 3.8) is 0 Å². The Balaban J connectivity index is 2.11. The first-order valence-corrected chi connectivity index (χ1v) is 6.01. The van der Waals surface area contributed by atoms with E-state index in [-0.39, 0.29) is 0 Å². The van der Waals surface area contributed by atoms with E-state index in [0.717, 1.165) is 10.6 Å². The number of hydrogen-bond donors (Lipinski definition) is 1. The number of rotatable bonds is 4. The summed E-state index contributed by atoms with van der Waals surface area (Å²) < 4.78 is 5.54. The van der Waals surface area contributed by atoms with Crippen molar-refractivity contribution in [1.29, 1.82) is 0 Å². The van der Waals surface area contributed by atoms with Crippen molar-refractivity contribution in [2.75, 3.05) is 0 Å². The smallest absolute Gasteiger partial charge is 0.259 e. The molecule has 0 radical (unpaired) electrons. The molecular weight excluding hydrogens is 224 g/mol. The van der Waals surface area contributed by atoms with Gasteiger partial charge in [0.1, 0.15) is 4.88 Å². The van der Waals surface area contributed by atoms with Crippen LogP contribution in [0.1, 0.15) is 25.4 Å². The molecule has 0 aliphatic carbocycles. The zero-order valence-corrected chi connectivity index (χ0v) is 10.3. The molecule has 86 valence electrons. The highest BCUT2D eigenvalue weighted by atomic mass is 32.1. The van der Waals surface area contributed by atoms with Gasteiger partial charge in [-0.1, -0.05) is 13.8 Å². The summed E-state index contributed by atoms with van der Waals surface area (Å²) in [7, 11) is 0. The standard InChI is InChI=1S/C10H14N4OS/c1-6(2)11-4-8-13-14-10(15-8)9-7(3)12-5-16-9/h5-6,11H,4H2,1-3H3. The van der Waals surface area contributed by atoms with E-state index in [0.29, 0.717) is 24.4 Å². The van der Waals surface area contributed by atoms with E-state index in [1.54, 1.807) is 5.51 Å². The van der Waals surface area contributed by atoms with E-state index < -0.39 is 0 Å². The van der Waals surface area contributed by atoms with Gasteiger partial charge in [-0.3, -0.25) is 0 Å². The Morgan fingerprint density at radius 1 is 1.44 bits per heavy atom. The van der Waals surface area contributed by atoms with E-state index in [2.05, 4.69) is 34.3 Å². The molecule has 0 aliphatic heterocycles. The Bertz CT molecular complexity index is 463. The summed E-state index contributed by atoms with van der Waals surface area (Å²) in [6, 6.07) is 0.403. The maximum Gasteiger partial charge on any atom is 0.259 e. The molecule has 0 saturated carbocycles. The first kappa shape index (κ1) is 11.2. The Kier molecular flexibility index (Phi) is 3.31. The van der Waals surface area contributed by atoms with Crippen molar-refractivity contribution >= 4 is 11.3 Å². The predicted molar refractivity (Wildman–Crippen MR) is 62.1 cm³/mol. The quantitative estimate of drug-likeness (QED) is 0.882. The van der Waals surface area contributed by atoms with Crippen molar-refractivity contribution in [3.05, 3.63) is 17.1 Å². The predicted octanol–water partition coefficient (Wildman–Crippen LogP) is 2.00. The zero-order valence-electron chi connectivity index (χ0n) is 9.52. The van der Waals surface area contributed by atoms with Gasteiger partial charge in [0.2, 0.25) is 5.89 Å². The summed E-state index contributed by atoms with van der Waals surface area (Å²) in [5, 5.41) is 11.2. The minimum absolute atomic E-state index is 0.403. The summed E-state index contributed by atoms with van der Waals surface area (Å²) in [4.78, 5) is 5.10. The lowest BCUT2D eigenvalue weighted by Crippen LogP contribution is -2.21. The zero-order chi connectivity index (χ0) is 11.5. The Labute approximate surface area is 97.9 Å². The lowest BCUT2D eigenvalue weighted by atomic mass is 10.4. The number of aryl methyl sites for hydroxylation is 1. The normalized spacial score (nSPS) is 11.2. The first-order chi connectivity index (χ1) is 7.66. The van der Waals surface area contributed by atoms with Crippen LogP contribution >= 0.6 is 11.3 Å². The Morgan fingerprint density at radius 2 is 2.25 bits per heavy atom. The highest BCUT2D eigenvalue weighted by Gasteiger charge is 2.12. The minimum atomic E-state index is 0.403. The summed E-state index contributed by atoms with van der Waals surface area (Å²) >= 11 is 1.51. The van der Waals surface area contributed by atoms with Crippen molar-refractivity contribution in [2.24, 2.45) is 0 Å². The maximum absolute atomic E-state index is 5.54. The number of thiazole rings is 1. The van der Waals surface area contributed by atoms with E-state index >= 15 is 0 Å². The van der Waals surface area contributed by atoms with Crippen LogP contribution in [0.3, 0.4) is 0 Å². The second kappa shape index (κ2) is 4.71. The number of nitrogens with one attached hydrogen (secondary N) is 1. The largest absolute Gasteiger partial charge is 0.418 e. The number of hydrogen-bond acceptors (Lipinski definition) is 6. The third kappa shape index (κ3) is 2.45. The van der Waals surface area contributed by atoms with Gasteiger partial charge in [-0.25, -0.2) is 4.98 Å².